The van der Waals surface area contributed by atoms with E-state index in [1.807, 2.05) is 6.07 Å². The van der Waals surface area contributed by atoms with E-state index < -0.39 is 0 Å². The molecular formula is C7H5KNO. The van der Waals surface area contributed by atoms with E-state index in [4.69, 9.17) is 10.4 Å². The topological polar surface area (TPSA) is 44.0 Å². The zero-order valence-corrected chi connectivity index (χ0v) is 8.83. The van der Waals surface area contributed by atoms with Crippen molar-refractivity contribution in [1.82, 2.24) is 0 Å². The van der Waals surface area contributed by atoms with Crippen molar-refractivity contribution in [1.29, 1.82) is 5.26 Å². The monoisotopic (exact) mass is 158 g/mol. The second kappa shape index (κ2) is 4.89. The summed E-state index contributed by atoms with van der Waals surface area (Å²) in [5.41, 5.74) is 0.563. The molecule has 45 valence electrons. The summed E-state index contributed by atoms with van der Waals surface area (Å²) in [5, 5.41) is 17.0. The molecule has 3 heteroatoms. The fourth-order valence-corrected chi connectivity index (χ4v) is 0.536. The Morgan fingerprint density at radius 1 is 1.20 bits per heavy atom. The van der Waals surface area contributed by atoms with E-state index in [9.17, 15) is 0 Å². The zero-order chi connectivity index (χ0) is 6.69. The standard InChI is InChI=1S/C7H5NO.K/c8-5-6-1-3-7(9)4-2-6;/h1-4,9H;. The third-order valence-electron chi connectivity index (χ3n) is 0.996. The summed E-state index contributed by atoms with van der Waals surface area (Å²) >= 11 is 0. The van der Waals surface area contributed by atoms with Crippen molar-refractivity contribution in [2.24, 2.45) is 0 Å². The molecule has 0 aliphatic rings. The second-order valence-electron chi connectivity index (χ2n) is 1.66. The predicted octanol–water partition coefficient (Wildman–Crippen LogP) is 0.883. The van der Waals surface area contributed by atoms with Crippen molar-refractivity contribution in [2.75, 3.05) is 0 Å². The van der Waals surface area contributed by atoms with Crippen molar-refractivity contribution in [3.8, 4) is 11.8 Å². The summed E-state index contributed by atoms with van der Waals surface area (Å²) in [6.07, 6.45) is 0. The number of phenolic OH excluding ortho intramolecular Hbond substituents is 1. The Bertz CT molecular complexity index is 237. The molecule has 0 heterocycles. The predicted molar refractivity (Wildman–Crippen MR) is 38.6 cm³/mol. The minimum Gasteiger partial charge on any atom is -0.508 e. The van der Waals surface area contributed by atoms with Gasteiger partial charge in [0.15, 0.2) is 0 Å². The van der Waals surface area contributed by atoms with Crippen molar-refractivity contribution in [3.05, 3.63) is 29.8 Å². The number of aromatic hydroxyl groups is 1. The maximum absolute atomic E-state index is 8.74. The molecule has 0 saturated carbocycles. The summed E-state index contributed by atoms with van der Waals surface area (Å²) in [6, 6.07) is 8.04. The number of rotatable bonds is 0. The van der Waals surface area contributed by atoms with E-state index in [2.05, 4.69) is 0 Å². The van der Waals surface area contributed by atoms with Gasteiger partial charge in [0.1, 0.15) is 5.75 Å². The number of hydrogen-bond acceptors (Lipinski definition) is 2. The van der Waals surface area contributed by atoms with Gasteiger partial charge in [-0.25, -0.2) is 0 Å². The first kappa shape index (κ1) is 10.1. The molecule has 2 nitrogen and oxygen atoms in total. The van der Waals surface area contributed by atoms with E-state index >= 15 is 0 Å². The molecule has 0 saturated heterocycles. The molecule has 0 atom stereocenters. The molecular weight excluding hydrogens is 153 g/mol. The van der Waals surface area contributed by atoms with Gasteiger partial charge in [-0.15, -0.1) is 0 Å². The van der Waals surface area contributed by atoms with Crippen LogP contribution in [0.3, 0.4) is 0 Å². The Hall–Kier alpha value is 0.146. The van der Waals surface area contributed by atoms with Crippen LogP contribution in [0.15, 0.2) is 24.3 Å². The van der Waals surface area contributed by atoms with Crippen molar-refractivity contribution in [2.45, 2.75) is 0 Å². The van der Waals surface area contributed by atoms with Gasteiger partial charge in [-0.05, 0) is 24.3 Å². The molecule has 1 N–H and O–H groups in total. The van der Waals surface area contributed by atoms with Crippen LogP contribution in [0.5, 0.6) is 5.75 Å². The molecule has 0 amide bonds. The molecule has 0 bridgehead atoms. The van der Waals surface area contributed by atoms with E-state index in [0.29, 0.717) is 5.56 Å². The van der Waals surface area contributed by atoms with E-state index in [1.54, 1.807) is 12.1 Å². The first-order valence-corrected chi connectivity index (χ1v) is 2.52. The normalized spacial score (nSPS) is 7.50. The number of benzene rings is 1. The average molecular weight is 158 g/mol. The minimum absolute atomic E-state index is 0. The van der Waals surface area contributed by atoms with Crippen molar-refractivity contribution >= 4 is 51.4 Å². The Labute approximate surface area is 102 Å². The molecule has 0 aliphatic carbocycles. The molecule has 1 aromatic rings. The van der Waals surface area contributed by atoms with E-state index in [0.717, 1.165) is 0 Å². The maximum atomic E-state index is 8.74. The Kier molecular flexibility index (Phi) is 4.96. The van der Waals surface area contributed by atoms with Crippen LogP contribution in [0.1, 0.15) is 5.56 Å². The Morgan fingerprint density at radius 3 is 2.10 bits per heavy atom. The molecule has 0 fully saturated rings. The zero-order valence-electron chi connectivity index (χ0n) is 5.70. The van der Waals surface area contributed by atoms with Crippen LogP contribution in [0.4, 0.5) is 0 Å². The molecule has 1 rings (SSSR count). The van der Waals surface area contributed by atoms with Crippen LogP contribution in [-0.2, 0) is 0 Å². The van der Waals surface area contributed by atoms with Crippen LogP contribution < -0.4 is 0 Å². The molecule has 0 aromatic heterocycles. The van der Waals surface area contributed by atoms with E-state index in [1.165, 1.54) is 12.1 Å². The van der Waals surface area contributed by atoms with Gasteiger partial charge >= 0.3 is 0 Å². The van der Waals surface area contributed by atoms with Gasteiger partial charge in [0.05, 0.1) is 11.6 Å². The van der Waals surface area contributed by atoms with Gasteiger partial charge in [0.25, 0.3) is 0 Å². The largest absolute Gasteiger partial charge is 0.508 e. The number of nitriles is 1. The van der Waals surface area contributed by atoms with Crippen LogP contribution in [0, 0.1) is 11.3 Å². The van der Waals surface area contributed by atoms with Gasteiger partial charge < -0.3 is 5.11 Å². The average Bonchev–Trinajstić information content (AvgIpc) is 1.90. The molecule has 0 unspecified atom stereocenters. The summed E-state index contributed by atoms with van der Waals surface area (Å²) in [4.78, 5) is 0. The summed E-state index contributed by atoms with van der Waals surface area (Å²) < 4.78 is 0. The second-order valence-corrected chi connectivity index (χ2v) is 1.66. The quantitative estimate of drug-likeness (QED) is 0.570. The van der Waals surface area contributed by atoms with E-state index in [-0.39, 0.29) is 57.1 Å². The molecule has 10 heavy (non-hydrogen) atoms. The summed E-state index contributed by atoms with van der Waals surface area (Å²) in [5.74, 6) is 0.189. The smallest absolute Gasteiger partial charge is 0.115 e. The first-order valence-electron chi connectivity index (χ1n) is 2.52. The van der Waals surface area contributed by atoms with Gasteiger partial charge in [0.2, 0.25) is 0 Å². The fraction of sp³-hybridized carbons (Fsp3) is 0. The first-order chi connectivity index (χ1) is 4.33. The van der Waals surface area contributed by atoms with Crippen molar-refractivity contribution < 1.29 is 5.11 Å². The Morgan fingerprint density at radius 2 is 1.70 bits per heavy atom. The summed E-state index contributed by atoms with van der Waals surface area (Å²) in [6.45, 7) is 0. The van der Waals surface area contributed by atoms with Gasteiger partial charge in [0, 0.05) is 51.4 Å². The maximum Gasteiger partial charge on any atom is 0.115 e. The SMILES string of the molecule is N#Cc1ccc(O)cc1.[K]. The minimum atomic E-state index is 0. The molecule has 1 radical (unpaired) electrons. The van der Waals surface area contributed by atoms with Gasteiger partial charge in [-0.3, -0.25) is 0 Å². The fourth-order valence-electron chi connectivity index (χ4n) is 0.536. The van der Waals surface area contributed by atoms with Crippen molar-refractivity contribution in [3.63, 3.8) is 0 Å². The van der Waals surface area contributed by atoms with Gasteiger partial charge in [-0.2, -0.15) is 5.26 Å². The number of phenols is 1. The molecule has 0 aliphatic heterocycles. The van der Waals surface area contributed by atoms with Crippen LogP contribution in [0.25, 0.3) is 0 Å². The van der Waals surface area contributed by atoms with Crippen LogP contribution in [-0.4, -0.2) is 56.5 Å². The molecule has 0 spiro atoms. The number of hydrogen-bond donors (Lipinski definition) is 1. The molecule has 1 aromatic carbocycles. The van der Waals surface area contributed by atoms with Crippen LogP contribution in [0.2, 0.25) is 0 Å². The van der Waals surface area contributed by atoms with Crippen LogP contribution >= 0.6 is 0 Å². The van der Waals surface area contributed by atoms with Gasteiger partial charge in [-0.1, -0.05) is 0 Å². The Balaban J connectivity index is 0.000000810. The third kappa shape index (κ3) is 2.82. The number of nitrogens with zero attached hydrogens (tertiary/aromatic N) is 1. The third-order valence-corrected chi connectivity index (χ3v) is 0.996. The summed E-state index contributed by atoms with van der Waals surface area (Å²) in [7, 11) is 0.